The fourth-order valence-corrected chi connectivity index (χ4v) is 2.05. The number of anilines is 1. The first-order chi connectivity index (χ1) is 10.5. The highest BCUT2D eigenvalue weighted by molar-refractivity contribution is 6.43. The van der Waals surface area contributed by atoms with Crippen LogP contribution in [0.5, 0.6) is 0 Å². The number of carbonyl (C=O) groups excluding carboxylic acids is 1. The Balaban J connectivity index is 2.30. The van der Waals surface area contributed by atoms with Crippen molar-refractivity contribution >= 4 is 40.9 Å². The quantitative estimate of drug-likeness (QED) is 0.654. The molecule has 0 atom stereocenters. The Morgan fingerprint density at radius 3 is 2.59 bits per heavy atom. The van der Waals surface area contributed by atoms with Crippen LogP contribution in [-0.4, -0.2) is 5.91 Å². The molecule has 0 aliphatic rings. The first-order valence-electron chi connectivity index (χ1n) is 6.14. The van der Waals surface area contributed by atoms with Gasteiger partial charge >= 0.3 is 0 Å². The number of nitrogens with zero attached hydrogens (tertiary/aromatic N) is 1. The van der Waals surface area contributed by atoms with Gasteiger partial charge in [0.25, 0.3) is 5.91 Å². The third-order valence-corrected chi connectivity index (χ3v) is 3.60. The van der Waals surface area contributed by atoms with E-state index in [2.05, 4.69) is 5.32 Å². The highest BCUT2D eigenvalue weighted by Gasteiger charge is 2.13. The minimum Gasteiger partial charge on any atom is -0.319 e. The number of nitriles is 1. The van der Waals surface area contributed by atoms with Gasteiger partial charge in [0.15, 0.2) is 0 Å². The topological polar surface area (TPSA) is 52.9 Å². The monoisotopic (exact) mass is 334 g/mol. The van der Waals surface area contributed by atoms with Gasteiger partial charge in [0.05, 0.1) is 15.7 Å². The van der Waals surface area contributed by atoms with E-state index < -0.39 is 11.7 Å². The van der Waals surface area contributed by atoms with Crippen molar-refractivity contribution in [1.29, 1.82) is 5.26 Å². The van der Waals surface area contributed by atoms with Crippen molar-refractivity contribution in [2.24, 2.45) is 0 Å². The molecular formula is C16H9Cl2FN2O. The summed E-state index contributed by atoms with van der Waals surface area (Å²) in [6.45, 7) is 0. The van der Waals surface area contributed by atoms with E-state index in [1.807, 2.05) is 0 Å². The minimum absolute atomic E-state index is 0.00848. The second-order valence-electron chi connectivity index (χ2n) is 4.25. The molecule has 2 aromatic carbocycles. The standard InChI is InChI=1S/C16H9Cl2FN2O/c17-12-5-3-4-10(15(12)18)8-11(9-20)16(22)21-14-7-2-1-6-13(14)19/h1-8H,(H,21,22). The highest BCUT2D eigenvalue weighted by Crippen LogP contribution is 2.27. The van der Waals surface area contributed by atoms with Crippen LogP contribution in [0.2, 0.25) is 10.0 Å². The molecule has 0 saturated heterocycles. The van der Waals surface area contributed by atoms with E-state index in [9.17, 15) is 9.18 Å². The van der Waals surface area contributed by atoms with Crippen LogP contribution in [0.1, 0.15) is 5.56 Å². The maximum Gasteiger partial charge on any atom is 0.266 e. The summed E-state index contributed by atoms with van der Waals surface area (Å²) in [5, 5.41) is 12.0. The van der Waals surface area contributed by atoms with Gasteiger partial charge < -0.3 is 5.32 Å². The number of hydrogen-bond acceptors (Lipinski definition) is 2. The Kier molecular flexibility index (Phi) is 5.16. The van der Waals surface area contributed by atoms with Gasteiger partial charge in [-0.2, -0.15) is 5.26 Å². The smallest absolute Gasteiger partial charge is 0.266 e. The molecule has 0 aliphatic heterocycles. The molecule has 0 spiro atoms. The van der Waals surface area contributed by atoms with E-state index in [0.29, 0.717) is 10.6 Å². The van der Waals surface area contributed by atoms with E-state index in [1.165, 1.54) is 24.3 Å². The maximum absolute atomic E-state index is 13.5. The molecule has 0 fully saturated rings. The summed E-state index contributed by atoms with van der Waals surface area (Å²) in [5.41, 5.74) is 0.202. The van der Waals surface area contributed by atoms with Gasteiger partial charge in [0.1, 0.15) is 17.5 Å². The molecule has 0 bridgehead atoms. The van der Waals surface area contributed by atoms with Crippen molar-refractivity contribution in [2.75, 3.05) is 5.32 Å². The second kappa shape index (κ2) is 7.08. The normalized spacial score (nSPS) is 10.9. The zero-order valence-electron chi connectivity index (χ0n) is 11.1. The number of nitrogens with one attached hydrogen (secondary N) is 1. The SMILES string of the molecule is N#CC(=Cc1cccc(Cl)c1Cl)C(=O)Nc1ccccc1F. The lowest BCUT2D eigenvalue weighted by atomic mass is 10.1. The predicted octanol–water partition coefficient (Wildman–Crippen LogP) is 4.68. The summed E-state index contributed by atoms with van der Waals surface area (Å²) in [5.74, 6) is -1.32. The summed E-state index contributed by atoms with van der Waals surface area (Å²) in [6, 6.07) is 12.3. The van der Waals surface area contributed by atoms with Crippen LogP contribution in [0.25, 0.3) is 6.08 Å². The van der Waals surface area contributed by atoms with Gasteiger partial charge in [-0.1, -0.05) is 47.5 Å². The lowest BCUT2D eigenvalue weighted by molar-refractivity contribution is -0.112. The van der Waals surface area contributed by atoms with Crippen LogP contribution in [0.3, 0.4) is 0 Å². The average Bonchev–Trinajstić information content (AvgIpc) is 2.51. The average molecular weight is 335 g/mol. The number of rotatable bonds is 3. The largest absolute Gasteiger partial charge is 0.319 e. The van der Waals surface area contributed by atoms with Crippen LogP contribution in [0, 0.1) is 17.1 Å². The molecular weight excluding hydrogens is 326 g/mol. The minimum atomic E-state index is -0.733. The zero-order chi connectivity index (χ0) is 16.1. The van der Waals surface area contributed by atoms with Gasteiger partial charge in [-0.05, 0) is 29.8 Å². The van der Waals surface area contributed by atoms with E-state index in [0.717, 1.165) is 0 Å². The predicted molar refractivity (Wildman–Crippen MR) is 85.1 cm³/mol. The van der Waals surface area contributed by atoms with E-state index in [1.54, 1.807) is 30.3 Å². The molecule has 3 nitrogen and oxygen atoms in total. The van der Waals surface area contributed by atoms with Gasteiger partial charge in [-0.3, -0.25) is 4.79 Å². The van der Waals surface area contributed by atoms with Gasteiger partial charge in [-0.25, -0.2) is 4.39 Å². The number of benzene rings is 2. The molecule has 6 heteroatoms. The van der Waals surface area contributed by atoms with Crippen molar-refractivity contribution in [1.82, 2.24) is 0 Å². The first kappa shape index (κ1) is 16.0. The van der Waals surface area contributed by atoms with Crippen LogP contribution >= 0.6 is 23.2 Å². The highest BCUT2D eigenvalue weighted by atomic mass is 35.5. The summed E-state index contributed by atoms with van der Waals surface area (Å²) in [7, 11) is 0. The number of amides is 1. The molecule has 2 rings (SSSR count). The Morgan fingerprint density at radius 1 is 1.18 bits per heavy atom. The summed E-state index contributed by atoms with van der Waals surface area (Å²) in [4.78, 5) is 12.1. The van der Waals surface area contributed by atoms with Gasteiger partial charge in [0, 0.05) is 0 Å². The fourth-order valence-electron chi connectivity index (χ4n) is 1.69. The Hall–Kier alpha value is -2.35. The van der Waals surface area contributed by atoms with E-state index in [4.69, 9.17) is 28.5 Å². The number of hydrogen-bond donors (Lipinski definition) is 1. The number of carbonyl (C=O) groups is 1. The van der Waals surface area contributed by atoms with Crippen LogP contribution in [0.4, 0.5) is 10.1 Å². The maximum atomic E-state index is 13.5. The van der Waals surface area contributed by atoms with E-state index >= 15 is 0 Å². The van der Waals surface area contributed by atoms with Crippen molar-refractivity contribution in [3.8, 4) is 6.07 Å². The van der Waals surface area contributed by atoms with Crippen LogP contribution in [-0.2, 0) is 4.79 Å². The van der Waals surface area contributed by atoms with Crippen molar-refractivity contribution in [2.45, 2.75) is 0 Å². The molecule has 22 heavy (non-hydrogen) atoms. The lowest BCUT2D eigenvalue weighted by Crippen LogP contribution is -2.14. The molecule has 0 heterocycles. The molecule has 0 unspecified atom stereocenters. The summed E-state index contributed by atoms with van der Waals surface area (Å²) >= 11 is 11.9. The molecule has 0 radical (unpaired) electrons. The molecule has 1 amide bonds. The third kappa shape index (κ3) is 3.64. The molecule has 0 saturated carbocycles. The molecule has 0 aliphatic carbocycles. The Bertz CT molecular complexity index is 797. The van der Waals surface area contributed by atoms with Crippen LogP contribution in [0.15, 0.2) is 48.0 Å². The summed E-state index contributed by atoms with van der Waals surface area (Å²) < 4.78 is 13.5. The Labute approximate surface area is 136 Å². The number of para-hydroxylation sites is 1. The van der Waals surface area contributed by atoms with Crippen LogP contribution < -0.4 is 5.32 Å². The van der Waals surface area contributed by atoms with E-state index in [-0.39, 0.29) is 16.3 Å². The third-order valence-electron chi connectivity index (χ3n) is 2.77. The summed E-state index contributed by atoms with van der Waals surface area (Å²) in [6.07, 6.45) is 1.30. The van der Waals surface area contributed by atoms with Gasteiger partial charge in [0.2, 0.25) is 0 Å². The lowest BCUT2D eigenvalue weighted by Gasteiger charge is -2.06. The van der Waals surface area contributed by atoms with Crippen molar-refractivity contribution < 1.29 is 9.18 Å². The second-order valence-corrected chi connectivity index (χ2v) is 5.03. The van der Waals surface area contributed by atoms with Crippen molar-refractivity contribution in [3.05, 3.63) is 69.5 Å². The molecule has 2 aromatic rings. The molecule has 1 N–H and O–H groups in total. The van der Waals surface area contributed by atoms with Crippen molar-refractivity contribution in [3.63, 3.8) is 0 Å². The first-order valence-corrected chi connectivity index (χ1v) is 6.90. The zero-order valence-corrected chi connectivity index (χ0v) is 12.6. The molecule has 0 aromatic heterocycles. The fraction of sp³-hybridized carbons (Fsp3) is 0. The Morgan fingerprint density at radius 2 is 1.91 bits per heavy atom. The molecule has 110 valence electrons. The number of halogens is 3. The van der Waals surface area contributed by atoms with Gasteiger partial charge in [-0.15, -0.1) is 0 Å².